The monoisotopic (exact) mass is 249 g/mol. The smallest absolute Gasteiger partial charge is 0.223 e. The van der Waals surface area contributed by atoms with Crippen LogP contribution in [0.4, 0.5) is 5.95 Å². The van der Waals surface area contributed by atoms with Gasteiger partial charge in [-0.2, -0.15) is 0 Å². The van der Waals surface area contributed by atoms with E-state index in [1.54, 1.807) is 0 Å². The summed E-state index contributed by atoms with van der Waals surface area (Å²) >= 11 is 0. The van der Waals surface area contributed by atoms with Crippen molar-refractivity contribution >= 4 is 5.95 Å². The van der Waals surface area contributed by atoms with Crippen LogP contribution in [-0.4, -0.2) is 27.7 Å². The minimum absolute atomic E-state index is 0.0563. The molecule has 100 valence electrons. The maximum atomic E-state index is 10.1. The molecule has 1 saturated carbocycles. The molecule has 4 heteroatoms. The van der Waals surface area contributed by atoms with Crippen molar-refractivity contribution in [3.63, 3.8) is 0 Å². The van der Waals surface area contributed by atoms with Gasteiger partial charge in [-0.25, -0.2) is 9.97 Å². The summed E-state index contributed by atoms with van der Waals surface area (Å²) in [6, 6.07) is 1.96. The molecule has 1 aliphatic rings. The number of nitrogens with zero attached hydrogens (tertiary/aromatic N) is 2. The average molecular weight is 249 g/mol. The van der Waals surface area contributed by atoms with Gasteiger partial charge in [0.2, 0.25) is 5.95 Å². The van der Waals surface area contributed by atoms with E-state index in [4.69, 9.17) is 0 Å². The SMILES string of the molecule is Cc1cc(C)nc(NCC2(C)CCCCC2O)n1. The Morgan fingerprint density at radius 3 is 2.61 bits per heavy atom. The summed E-state index contributed by atoms with van der Waals surface area (Å²) in [7, 11) is 0. The van der Waals surface area contributed by atoms with Crippen LogP contribution in [0.3, 0.4) is 0 Å². The van der Waals surface area contributed by atoms with Gasteiger partial charge in [-0.1, -0.05) is 19.8 Å². The first-order valence-corrected chi connectivity index (χ1v) is 6.74. The van der Waals surface area contributed by atoms with E-state index in [-0.39, 0.29) is 11.5 Å². The Labute approximate surface area is 109 Å². The number of rotatable bonds is 3. The number of nitrogens with one attached hydrogen (secondary N) is 1. The Bertz CT molecular complexity index is 401. The van der Waals surface area contributed by atoms with Gasteiger partial charge in [-0.3, -0.25) is 0 Å². The van der Waals surface area contributed by atoms with E-state index in [2.05, 4.69) is 22.2 Å². The molecule has 0 aromatic carbocycles. The first-order chi connectivity index (χ1) is 8.49. The fourth-order valence-corrected chi connectivity index (χ4v) is 2.67. The van der Waals surface area contributed by atoms with Gasteiger partial charge in [0.25, 0.3) is 0 Å². The van der Waals surface area contributed by atoms with E-state index in [1.165, 1.54) is 6.42 Å². The second kappa shape index (κ2) is 5.22. The third-order valence-electron chi connectivity index (χ3n) is 3.91. The van der Waals surface area contributed by atoms with Crippen LogP contribution >= 0.6 is 0 Å². The number of hydrogen-bond acceptors (Lipinski definition) is 4. The summed E-state index contributed by atoms with van der Waals surface area (Å²) in [4.78, 5) is 8.74. The predicted octanol–water partition coefficient (Wildman–Crippen LogP) is 2.45. The van der Waals surface area contributed by atoms with E-state index in [9.17, 15) is 5.11 Å². The summed E-state index contributed by atoms with van der Waals surface area (Å²) in [5.74, 6) is 0.673. The van der Waals surface area contributed by atoms with E-state index in [1.807, 2.05) is 19.9 Å². The van der Waals surface area contributed by atoms with Gasteiger partial charge in [0.1, 0.15) is 0 Å². The minimum Gasteiger partial charge on any atom is -0.392 e. The van der Waals surface area contributed by atoms with Crippen LogP contribution in [0.5, 0.6) is 0 Å². The average Bonchev–Trinajstić information content (AvgIpc) is 2.30. The van der Waals surface area contributed by atoms with E-state index in [0.717, 1.165) is 37.2 Å². The van der Waals surface area contributed by atoms with E-state index in [0.29, 0.717) is 5.95 Å². The molecule has 2 rings (SSSR count). The number of aromatic nitrogens is 2. The van der Waals surface area contributed by atoms with Gasteiger partial charge in [-0.05, 0) is 32.8 Å². The molecular weight excluding hydrogens is 226 g/mol. The Balaban J connectivity index is 2.01. The first-order valence-electron chi connectivity index (χ1n) is 6.74. The molecule has 0 amide bonds. The number of aryl methyl sites for hydroxylation is 2. The highest BCUT2D eigenvalue weighted by atomic mass is 16.3. The molecule has 18 heavy (non-hydrogen) atoms. The fraction of sp³-hybridized carbons (Fsp3) is 0.714. The van der Waals surface area contributed by atoms with Crippen molar-refractivity contribution in [2.45, 2.75) is 52.6 Å². The summed E-state index contributed by atoms with van der Waals surface area (Å²) in [6.07, 6.45) is 4.09. The molecule has 0 saturated heterocycles. The van der Waals surface area contributed by atoms with Gasteiger partial charge in [0.05, 0.1) is 6.10 Å². The molecule has 1 fully saturated rings. The van der Waals surface area contributed by atoms with Crippen LogP contribution in [0, 0.1) is 19.3 Å². The van der Waals surface area contributed by atoms with Crippen LogP contribution in [-0.2, 0) is 0 Å². The van der Waals surface area contributed by atoms with E-state index < -0.39 is 0 Å². The molecule has 1 heterocycles. The normalized spacial score (nSPS) is 28.1. The van der Waals surface area contributed by atoms with Gasteiger partial charge in [0, 0.05) is 23.3 Å². The van der Waals surface area contributed by atoms with E-state index >= 15 is 0 Å². The number of anilines is 1. The number of aliphatic hydroxyl groups is 1. The zero-order valence-electron chi connectivity index (χ0n) is 11.5. The lowest BCUT2D eigenvalue weighted by atomic mass is 9.73. The highest BCUT2D eigenvalue weighted by Gasteiger charge is 2.35. The summed E-state index contributed by atoms with van der Waals surface area (Å²) in [5.41, 5.74) is 1.89. The third-order valence-corrected chi connectivity index (χ3v) is 3.91. The standard InChI is InChI=1S/C14H23N3O/c1-10-8-11(2)17-13(16-10)15-9-14(3)7-5-4-6-12(14)18/h8,12,18H,4-7,9H2,1-3H3,(H,15,16,17). The van der Waals surface area contributed by atoms with Crippen LogP contribution < -0.4 is 5.32 Å². The highest BCUT2D eigenvalue weighted by Crippen LogP contribution is 2.36. The first kappa shape index (κ1) is 13.3. The van der Waals surface area contributed by atoms with Crippen molar-refractivity contribution in [2.75, 3.05) is 11.9 Å². The van der Waals surface area contributed by atoms with Crippen molar-refractivity contribution in [3.05, 3.63) is 17.5 Å². The van der Waals surface area contributed by atoms with Crippen molar-refractivity contribution in [1.29, 1.82) is 0 Å². The van der Waals surface area contributed by atoms with Crippen LogP contribution in [0.25, 0.3) is 0 Å². The second-order valence-electron chi connectivity index (χ2n) is 5.74. The van der Waals surface area contributed by atoms with Crippen LogP contribution in [0.2, 0.25) is 0 Å². The molecule has 1 aromatic rings. The molecule has 4 nitrogen and oxygen atoms in total. The summed E-state index contributed by atoms with van der Waals surface area (Å²) in [5, 5.41) is 13.4. The molecule has 1 aromatic heterocycles. The molecule has 2 atom stereocenters. The number of hydrogen-bond donors (Lipinski definition) is 2. The van der Waals surface area contributed by atoms with Crippen molar-refractivity contribution in [2.24, 2.45) is 5.41 Å². The summed E-state index contributed by atoms with van der Waals surface area (Å²) < 4.78 is 0. The molecule has 0 bridgehead atoms. The van der Waals surface area contributed by atoms with Crippen molar-refractivity contribution in [3.8, 4) is 0 Å². The lowest BCUT2D eigenvalue weighted by Gasteiger charge is -2.38. The number of aliphatic hydroxyl groups excluding tert-OH is 1. The minimum atomic E-state index is -0.218. The largest absolute Gasteiger partial charge is 0.392 e. The quantitative estimate of drug-likeness (QED) is 0.864. The third kappa shape index (κ3) is 2.99. The van der Waals surface area contributed by atoms with Crippen molar-refractivity contribution in [1.82, 2.24) is 9.97 Å². The van der Waals surface area contributed by atoms with Crippen molar-refractivity contribution < 1.29 is 5.11 Å². The molecule has 0 radical (unpaired) electrons. The molecule has 2 unspecified atom stereocenters. The highest BCUT2D eigenvalue weighted by molar-refractivity contribution is 5.28. The second-order valence-corrected chi connectivity index (χ2v) is 5.74. The zero-order chi connectivity index (χ0) is 13.2. The van der Waals surface area contributed by atoms with Crippen LogP contribution in [0.15, 0.2) is 6.07 Å². The topological polar surface area (TPSA) is 58.0 Å². The maximum Gasteiger partial charge on any atom is 0.223 e. The Morgan fingerprint density at radius 1 is 1.33 bits per heavy atom. The van der Waals surface area contributed by atoms with Gasteiger partial charge in [-0.15, -0.1) is 0 Å². The predicted molar refractivity (Wildman–Crippen MR) is 72.6 cm³/mol. The van der Waals surface area contributed by atoms with Gasteiger partial charge >= 0.3 is 0 Å². The van der Waals surface area contributed by atoms with Gasteiger partial charge < -0.3 is 10.4 Å². The lowest BCUT2D eigenvalue weighted by molar-refractivity contribution is 0.00953. The molecule has 0 spiro atoms. The molecule has 0 aliphatic heterocycles. The Hall–Kier alpha value is -1.16. The fourth-order valence-electron chi connectivity index (χ4n) is 2.67. The zero-order valence-corrected chi connectivity index (χ0v) is 11.5. The Kier molecular flexibility index (Phi) is 3.85. The van der Waals surface area contributed by atoms with Gasteiger partial charge in [0.15, 0.2) is 0 Å². The summed E-state index contributed by atoms with van der Waals surface area (Å²) in [6.45, 7) is 6.82. The lowest BCUT2D eigenvalue weighted by Crippen LogP contribution is -2.41. The Morgan fingerprint density at radius 2 is 2.00 bits per heavy atom. The van der Waals surface area contributed by atoms with Crippen LogP contribution in [0.1, 0.15) is 44.0 Å². The maximum absolute atomic E-state index is 10.1. The molecule has 2 N–H and O–H groups in total. The molecule has 1 aliphatic carbocycles. The molecular formula is C14H23N3O.